The summed E-state index contributed by atoms with van der Waals surface area (Å²) in [5.74, 6) is 2.30. The molecule has 6 aromatic heterocycles. The van der Waals surface area contributed by atoms with Crippen LogP contribution in [0.4, 0.5) is 22.7 Å². The van der Waals surface area contributed by atoms with Crippen LogP contribution in [0.15, 0.2) is 208 Å². The molecule has 0 aliphatic heterocycles. The predicted octanol–water partition coefficient (Wildman–Crippen LogP) is 21.2. The highest BCUT2D eigenvalue weighted by Crippen LogP contribution is 2.49. The van der Waals surface area contributed by atoms with E-state index in [2.05, 4.69) is 127 Å². The van der Waals surface area contributed by atoms with Crippen molar-refractivity contribution in [3.8, 4) is 45.0 Å². The standard InChI is InChI=1S/2C21H19ClN4.2C20H21ClN4.C5H12O2.CH4/c1-25-12-23-18-9-6-14(10-19(18)25)11-26-13-24-20(21(26)15-7-8-15)16-4-2-3-5-17(16)22;1-25-12-23-18-9-6-14(10-19(18)25)11-26-13-24-20(15-7-8-15)21(26)16-4-2-3-5-17(16)22;1-23-18-10-13(6-9-17(18)22)11-25-12-24-19(20(25)14-7-8-14)15-4-2-3-5-16(15)21;1-23-18-10-13(6-9-17(18)22)11-25-12-24-19(14-7-8-14)20(25)15-4-2-3-5-16(15)21;1-4-5(6-2)7-3;/h2*2-6,9-10,12-13,15H,7-8,11H2,1H3;2*2-6,9-10,12,14,23H,7-8,11,22H2,1H3;5H,4H2,1-3H3;1H4. The number of nitrogen functional groups attached to an aromatic ring is 2. The van der Waals surface area contributed by atoms with E-state index in [-0.39, 0.29) is 13.7 Å². The fourth-order valence-electron chi connectivity index (χ4n) is 14.2. The molecule has 18 nitrogen and oxygen atoms in total. The molecule has 8 aromatic carbocycles. The van der Waals surface area contributed by atoms with Crippen LogP contribution in [-0.2, 0) is 49.7 Å². The number of nitrogens with two attached hydrogens (primary N) is 2. The summed E-state index contributed by atoms with van der Waals surface area (Å²) >= 11 is 25.9. The number of ether oxygens (including phenoxy) is 2. The van der Waals surface area contributed by atoms with Crippen molar-refractivity contribution in [3.05, 3.63) is 273 Å². The van der Waals surface area contributed by atoms with Crippen molar-refractivity contribution in [2.75, 3.05) is 50.4 Å². The van der Waals surface area contributed by atoms with Crippen molar-refractivity contribution in [2.45, 2.75) is 128 Å². The second kappa shape index (κ2) is 35.2. The number of anilines is 4. The molecule has 0 bridgehead atoms. The Labute approximate surface area is 664 Å². The van der Waals surface area contributed by atoms with Crippen LogP contribution in [-0.4, -0.2) is 91.9 Å². The molecule has 6 heterocycles. The molecule has 4 saturated carbocycles. The van der Waals surface area contributed by atoms with E-state index in [1.807, 2.05) is 164 Å². The van der Waals surface area contributed by atoms with E-state index >= 15 is 0 Å². The van der Waals surface area contributed by atoms with Gasteiger partial charge < -0.3 is 59.0 Å². The number of nitrogens with one attached hydrogen (secondary N) is 2. The highest BCUT2D eigenvalue weighted by atomic mass is 35.5. The number of fused-ring (bicyclic) bond motifs is 2. The van der Waals surface area contributed by atoms with Crippen LogP contribution in [0, 0.1) is 0 Å². The fraction of sp³-hybridized carbons (Fsp3) is 0.295. The van der Waals surface area contributed by atoms with Gasteiger partial charge in [0.25, 0.3) is 0 Å². The molecular weight excluding hydrogens is 1450 g/mol. The molecular formula is C88H96Cl4N16O2. The average Bonchev–Trinajstić information content (AvgIpc) is 1.63. The number of methoxy groups -OCH3 is 2. The Morgan fingerprint density at radius 3 is 1.06 bits per heavy atom. The largest absolute Gasteiger partial charge is 0.397 e. The lowest BCUT2D eigenvalue weighted by molar-refractivity contribution is -0.103. The Kier molecular flexibility index (Phi) is 25.0. The Morgan fingerprint density at radius 2 is 0.736 bits per heavy atom. The van der Waals surface area contributed by atoms with Crippen molar-refractivity contribution >= 4 is 91.2 Å². The molecule has 14 aromatic rings. The summed E-state index contributed by atoms with van der Waals surface area (Å²) in [6.45, 7) is 5.09. The van der Waals surface area contributed by atoms with Crippen LogP contribution in [0.1, 0.15) is 141 Å². The highest BCUT2D eigenvalue weighted by Gasteiger charge is 2.35. The summed E-state index contributed by atoms with van der Waals surface area (Å²) in [6, 6.07) is 57.0. The molecule has 0 radical (unpaired) electrons. The van der Waals surface area contributed by atoms with Gasteiger partial charge in [0.15, 0.2) is 6.29 Å². The zero-order valence-corrected chi connectivity index (χ0v) is 65.6. The van der Waals surface area contributed by atoms with Gasteiger partial charge in [0.2, 0.25) is 0 Å². The topological polar surface area (TPSA) is 201 Å². The maximum absolute atomic E-state index is 6.52. The summed E-state index contributed by atoms with van der Waals surface area (Å²) < 4.78 is 22.7. The van der Waals surface area contributed by atoms with Crippen molar-refractivity contribution in [3.63, 3.8) is 0 Å². The Balaban J connectivity index is 0.000000125. The number of halogens is 4. The molecule has 568 valence electrons. The van der Waals surface area contributed by atoms with Gasteiger partial charge in [0, 0.05) is 136 Å². The second-order valence-electron chi connectivity index (χ2n) is 28.5. The molecule has 0 amide bonds. The number of aromatic nitrogens is 12. The average molecular weight is 1550 g/mol. The number of hydrogen-bond donors (Lipinski definition) is 4. The molecule has 0 spiro atoms. The lowest BCUT2D eigenvalue weighted by atomic mass is 10.1. The van der Waals surface area contributed by atoms with Crippen molar-refractivity contribution in [2.24, 2.45) is 14.1 Å². The Hall–Kier alpha value is -10.2. The van der Waals surface area contributed by atoms with Crippen molar-refractivity contribution in [1.29, 1.82) is 0 Å². The first-order chi connectivity index (χ1) is 53.1. The van der Waals surface area contributed by atoms with Gasteiger partial charge in [-0.15, -0.1) is 0 Å². The van der Waals surface area contributed by atoms with Crippen molar-refractivity contribution < 1.29 is 9.47 Å². The van der Waals surface area contributed by atoms with Gasteiger partial charge >= 0.3 is 0 Å². The SMILES string of the molecule is C.CCC(OC)OC.CNc1cc(Cn2cnc(-c3ccccc3Cl)c2C2CC2)ccc1N.CNc1cc(Cn2cnc(C3CC3)c2-c2ccccc2Cl)ccc1N.Cn1cnc2ccc(Cn3cnc(-c4ccccc4Cl)c3C3CC3)cc21.Cn1cnc2ccc(Cn3cnc(C4CC4)c3-c3ccccc3Cl)cc21. The molecule has 6 N–H and O–H groups in total. The lowest BCUT2D eigenvalue weighted by Gasteiger charge is -2.13. The molecule has 4 aliphatic carbocycles. The third-order valence-corrected chi connectivity index (χ3v) is 21.8. The van der Waals surface area contributed by atoms with E-state index in [4.69, 9.17) is 87.3 Å². The third kappa shape index (κ3) is 18.0. The van der Waals surface area contributed by atoms with Gasteiger partial charge in [-0.05, 0) is 153 Å². The van der Waals surface area contributed by atoms with Crippen LogP contribution in [0.3, 0.4) is 0 Å². The number of aryl methyl sites for hydroxylation is 2. The number of nitrogens with zero attached hydrogens (tertiary/aromatic N) is 12. The first-order valence-electron chi connectivity index (χ1n) is 37.3. The highest BCUT2D eigenvalue weighted by molar-refractivity contribution is 6.34. The molecule has 22 heteroatoms. The molecule has 0 unspecified atom stereocenters. The van der Waals surface area contributed by atoms with Crippen LogP contribution < -0.4 is 22.1 Å². The van der Waals surface area contributed by atoms with Gasteiger partial charge in [-0.3, -0.25) is 0 Å². The van der Waals surface area contributed by atoms with E-state index in [0.717, 1.165) is 148 Å². The van der Waals surface area contributed by atoms with E-state index in [0.29, 0.717) is 23.7 Å². The van der Waals surface area contributed by atoms with Crippen LogP contribution in [0.25, 0.3) is 67.1 Å². The summed E-state index contributed by atoms with van der Waals surface area (Å²) in [5, 5.41) is 9.33. The minimum atomic E-state index is -0.0139. The Bertz CT molecular complexity index is 5470. The van der Waals surface area contributed by atoms with Crippen LogP contribution in [0.2, 0.25) is 20.1 Å². The van der Waals surface area contributed by atoms with E-state index in [1.165, 1.54) is 90.7 Å². The van der Waals surface area contributed by atoms with Gasteiger partial charge in [-0.1, -0.05) is 158 Å². The van der Waals surface area contributed by atoms with Crippen LogP contribution in [0.5, 0.6) is 0 Å². The van der Waals surface area contributed by atoms with Gasteiger partial charge in [0.1, 0.15) is 0 Å². The molecule has 18 rings (SSSR count). The summed E-state index contributed by atoms with van der Waals surface area (Å²) in [7, 11) is 11.1. The Morgan fingerprint density at radius 1 is 0.409 bits per heavy atom. The maximum Gasteiger partial charge on any atom is 0.156 e. The number of rotatable bonds is 21. The second-order valence-corrected chi connectivity index (χ2v) is 30.1. The van der Waals surface area contributed by atoms with Gasteiger partial charge in [-0.25, -0.2) is 29.9 Å². The molecule has 4 fully saturated rings. The minimum Gasteiger partial charge on any atom is -0.397 e. The van der Waals surface area contributed by atoms with Gasteiger partial charge in [0.05, 0.1) is 127 Å². The maximum atomic E-state index is 6.52. The summed E-state index contributed by atoms with van der Waals surface area (Å²) in [4.78, 5) is 27.7. The lowest BCUT2D eigenvalue weighted by Crippen LogP contribution is -2.10. The van der Waals surface area contributed by atoms with E-state index in [1.54, 1.807) is 14.2 Å². The van der Waals surface area contributed by atoms with Crippen LogP contribution >= 0.6 is 46.4 Å². The monoisotopic (exact) mass is 1550 g/mol. The predicted molar refractivity (Wildman–Crippen MR) is 452 cm³/mol. The number of hydrogen-bond acceptors (Lipinski definition) is 12. The molecule has 4 aliphatic rings. The fourth-order valence-corrected chi connectivity index (χ4v) is 15.1. The first kappa shape index (κ1) is 78.0. The quantitative estimate of drug-likeness (QED) is 0.0392. The molecule has 110 heavy (non-hydrogen) atoms. The van der Waals surface area contributed by atoms with E-state index < -0.39 is 0 Å². The first-order valence-corrected chi connectivity index (χ1v) is 38.8. The third-order valence-electron chi connectivity index (χ3n) is 20.5. The molecule has 0 saturated heterocycles. The zero-order chi connectivity index (χ0) is 75.8. The normalized spacial score (nSPS) is 13.7. The van der Waals surface area contributed by atoms with E-state index in [9.17, 15) is 0 Å². The minimum absolute atomic E-state index is 0. The zero-order valence-electron chi connectivity index (χ0n) is 62.6. The van der Waals surface area contributed by atoms with Gasteiger partial charge in [-0.2, -0.15) is 0 Å². The van der Waals surface area contributed by atoms with Crippen molar-refractivity contribution in [1.82, 2.24) is 57.3 Å². The summed E-state index contributed by atoms with van der Waals surface area (Å²) in [6.07, 6.45) is 22.1. The smallest absolute Gasteiger partial charge is 0.156 e. The summed E-state index contributed by atoms with van der Waals surface area (Å²) in [5.41, 5.74) is 38.0. The number of imidazole rings is 6. The number of benzene rings is 8. The molecule has 0 atom stereocenters.